The van der Waals surface area contributed by atoms with Crippen LogP contribution in [0.15, 0.2) is 11.7 Å². The molecular weight excluding hydrogens is 262 g/mol. The van der Waals surface area contributed by atoms with Crippen LogP contribution in [-0.2, 0) is 4.79 Å². The molecule has 0 aliphatic carbocycles. The zero-order valence-electron chi connectivity index (χ0n) is 11.5. The highest BCUT2D eigenvalue weighted by Gasteiger charge is 2.39. The van der Waals surface area contributed by atoms with E-state index < -0.39 is 0 Å². The van der Waals surface area contributed by atoms with Crippen LogP contribution in [0.25, 0.3) is 0 Å². The number of likely N-dealkylation sites (tertiary alicyclic amines) is 1. The molecule has 0 bridgehead atoms. The third-order valence-corrected chi connectivity index (χ3v) is 4.48. The van der Waals surface area contributed by atoms with Gasteiger partial charge in [0.1, 0.15) is 4.88 Å². The van der Waals surface area contributed by atoms with Gasteiger partial charge in [0, 0.05) is 32.6 Å². The molecule has 6 heteroatoms. The van der Waals surface area contributed by atoms with Crippen molar-refractivity contribution in [2.75, 3.05) is 27.2 Å². The van der Waals surface area contributed by atoms with E-state index in [1.165, 1.54) is 11.3 Å². The van der Waals surface area contributed by atoms with Crippen molar-refractivity contribution in [1.82, 2.24) is 14.8 Å². The maximum absolute atomic E-state index is 12.2. The quantitative estimate of drug-likeness (QED) is 0.825. The average Bonchev–Trinajstić information content (AvgIpc) is 2.91. The number of carbonyl (C=O) groups excluding carboxylic acids is 2. The monoisotopic (exact) mass is 281 g/mol. The second kappa shape index (κ2) is 5.28. The van der Waals surface area contributed by atoms with E-state index in [1.807, 2.05) is 11.8 Å². The molecule has 19 heavy (non-hydrogen) atoms. The van der Waals surface area contributed by atoms with Gasteiger partial charge in [-0.3, -0.25) is 14.6 Å². The van der Waals surface area contributed by atoms with Crippen LogP contribution in [0.5, 0.6) is 0 Å². The van der Waals surface area contributed by atoms with Crippen LogP contribution in [-0.4, -0.2) is 53.8 Å². The summed E-state index contributed by atoms with van der Waals surface area (Å²) in [6.07, 6.45) is 3.04. The third-order valence-electron chi connectivity index (χ3n) is 3.72. The summed E-state index contributed by atoms with van der Waals surface area (Å²) in [5, 5.41) is 0. The highest BCUT2D eigenvalue weighted by molar-refractivity contribution is 7.11. The molecule has 0 spiro atoms. The fourth-order valence-electron chi connectivity index (χ4n) is 2.43. The summed E-state index contributed by atoms with van der Waals surface area (Å²) < 4.78 is 0. The van der Waals surface area contributed by atoms with E-state index in [-0.39, 0.29) is 17.2 Å². The largest absolute Gasteiger partial charge is 0.348 e. The van der Waals surface area contributed by atoms with Gasteiger partial charge in [-0.2, -0.15) is 0 Å². The number of amides is 2. The van der Waals surface area contributed by atoms with Crippen molar-refractivity contribution in [2.24, 2.45) is 5.41 Å². The van der Waals surface area contributed by atoms with E-state index in [0.29, 0.717) is 30.8 Å². The lowest BCUT2D eigenvalue weighted by molar-refractivity contribution is -0.140. The molecule has 104 valence electrons. The minimum Gasteiger partial charge on any atom is -0.348 e. The highest BCUT2D eigenvalue weighted by Crippen LogP contribution is 2.33. The SMILES string of the molecule is CN(C)C(=O)C1(C)CCN(C(=O)c2cncs2)CC1. The fourth-order valence-corrected chi connectivity index (χ4v) is 3.02. The standard InChI is InChI=1S/C13H19N3O2S/c1-13(12(18)15(2)3)4-6-16(7-5-13)11(17)10-8-14-9-19-10/h8-9H,4-7H2,1-3H3. The van der Waals surface area contributed by atoms with E-state index in [4.69, 9.17) is 0 Å². The Labute approximate surface area is 117 Å². The molecule has 1 saturated heterocycles. The molecular formula is C13H19N3O2S. The maximum Gasteiger partial charge on any atom is 0.265 e. The minimum atomic E-state index is -0.339. The van der Waals surface area contributed by atoms with Crippen LogP contribution in [0.2, 0.25) is 0 Å². The van der Waals surface area contributed by atoms with Crippen LogP contribution in [0, 0.1) is 5.41 Å². The van der Waals surface area contributed by atoms with Gasteiger partial charge in [0.15, 0.2) is 0 Å². The van der Waals surface area contributed by atoms with E-state index in [0.717, 1.165) is 0 Å². The summed E-state index contributed by atoms with van der Waals surface area (Å²) in [4.78, 5) is 32.4. The number of piperidine rings is 1. The number of rotatable bonds is 2. The molecule has 1 aliphatic rings. The molecule has 2 rings (SSSR count). The summed E-state index contributed by atoms with van der Waals surface area (Å²) in [7, 11) is 3.56. The molecule has 2 heterocycles. The van der Waals surface area contributed by atoms with E-state index in [1.54, 1.807) is 30.7 Å². The van der Waals surface area contributed by atoms with Crippen LogP contribution in [0.3, 0.4) is 0 Å². The van der Waals surface area contributed by atoms with Crippen molar-refractivity contribution >= 4 is 23.2 Å². The van der Waals surface area contributed by atoms with Crippen LogP contribution >= 0.6 is 11.3 Å². The maximum atomic E-state index is 12.2. The second-order valence-electron chi connectivity index (χ2n) is 5.42. The molecule has 2 amide bonds. The first-order valence-corrected chi connectivity index (χ1v) is 7.21. The van der Waals surface area contributed by atoms with Gasteiger partial charge in [-0.05, 0) is 12.8 Å². The number of hydrogen-bond donors (Lipinski definition) is 0. The Morgan fingerprint density at radius 2 is 2.00 bits per heavy atom. The van der Waals surface area contributed by atoms with Gasteiger partial charge in [-0.1, -0.05) is 6.92 Å². The zero-order valence-corrected chi connectivity index (χ0v) is 12.4. The molecule has 1 fully saturated rings. The Kier molecular flexibility index (Phi) is 3.89. The van der Waals surface area contributed by atoms with Crippen molar-refractivity contribution < 1.29 is 9.59 Å². The summed E-state index contributed by atoms with van der Waals surface area (Å²) >= 11 is 1.36. The molecule has 0 N–H and O–H groups in total. The predicted molar refractivity (Wildman–Crippen MR) is 74.1 cm³/mol. The highest BCUT2D eigenvalue weighted by atomic mass is 32.1. The van der Waals surface area contributed by atoms with Gasteiger partial charge in [0.2, 0.25) is 5.91 Å². The summed E-state index contributed by atoms with van der Waals surface area (Å²) in [6.45, 7) is 3.25. The van der Waals surface area contributed by atoms with Gasteiger partial charge in [0.05, 0.1) is 11.7 Å². The van der Waals surface area contributed by atoms with Gasteiger partial charge < -0.3 is 9.80 Å². The van der Waals surface area contributed by atoms with Crippen molar-refractivity contribution in [3.8, 4) is 0 Å². The average molecular weight is 281 g/mol. The Morgan fingerprint density at radius 3 is 2.47 bits per heavy atom. The molecule has 5 nitrogen and oxygen atoms in total. The van der Waals surface area contributed by atoms with E-state index in [2.05, 4.69) is 4.98 Å². The lowest BCUT2D eigenvalue weighted by atomic mass is 9.79. The van der Waals surface area contributed by atoms with Crippen molar-refractivity contribution in [3.63, 3.8) is 0 Å². The van der Waals surface area contributed by atoms with Gasteiger partial charge in [0.25, 0.3) is 5.91 Å². The van der Waals surface area contributed by atoms with E-state index >= 15 is 0 Å². The lowest BCUT2D eigenvalue weighted by Gasteiger charge is -2.39. The number of carbonyl (C=O) groups is 2. The molecule has 0 saturated carbocycles. The van der Waals surface area contributed by atoms with Gasteiger partial charge in [-0.15, -0.1) is 11.3 Å². The lowest BCUT2D eigenvalue weighted by Crippen LogP contribution is -2.48. The van der Waals surface area contributed by atoms with Crippen molar-refractivity contribution in [3.05, 3.63) is 16.6 Å². The number of thiazole rings is 1. The van der Waals surface area contributed by atoms with Crippen LogP contribution < -0.4 is 0 Å². The zero-order chi connectivity index (χ0) is 14.0. The van der Waals surface area contributed by atoms with Crippen LogP contribution in [0.4, 0.5) is 0 Å². The fraction of sp³-hybridized carbons (Fsp3) is 0.615. The van der Waals surface area contributed by atoms with Crippen molar-refractivity contribution in [1.29, 1.82) is 0 Å². The first-order valence-electron chi connectivity index (χ1n) is 6.33. The Morgan fingerprint density at radius 1 is 1.37 bits per heavy atom. The predicted octanol–water partition coefficient (Wildman–Crippen LogP) is 1.47. The first-order chi connectivity index (χ1) is 8.94. The van der Waals surface area contributed by atoms with E-state index in [9.17, 15) is 9.59 Å². The summed E-state index contributed by atoms with van der Waals surface area (Å²) in [5.74, 6) is 0.180. The molecule has 1 aliphatic heterocycles. The molecule has 0 radical (unpaired) electrons. The molecule has 0 unspecified atom stereocenters. The molecule has 1 aromatic rings. The topological polar surface area (TPSA) is 53.5 Å². The minimum absolute atomic E-state index is 0.0295. The van der Waals surface area contributed by atoms with Gasteiger partial charge in [-0.25, -0.2) is 0 Å². The first kappa shape index (κ1) is 14.0. The molecule has 1 aromatic heterocycles. The third kappa shape index (κ3) is 2.78. The van der Waals surface area contributed by atoms with Gasteiger partial charge >= 0.3 is 0 Å². The smallest absolute Gasteiger partial charge is 0.265 e. The second-order valence-corrected chi connectivity index (χ2v) is 6.30. The molecule has 0 aromatic carbocycles. The Hall–Kier alpha value is -1.43. The number of hydrogen-bond acceptors (Lipinski definition) is 4. The number of aromatic nitrogens is 1. The molecule has 0 atom stereocenters. The van der Waals surface area contributed by atoms with Crippen LogP contribution in [0.1, 0.15) is 29.4 Å². The van der Waals surface area contributed by atoms with Crippen molar-refractivity contribution in [2.45, 2.75) is 19.8 Å². The normalized spacial score (nSPS) is 18.2. The number of nitrogens with zero attached hydrogens (tertiary/aromatic N) is 3. The Bertz CT molecular complexity index is 462. The summed E-state index contributed by atoms with van der Waals surface area (Å²) in [5.41, 5.74) is 1.32. The summed E-state index contributed by atoms with van der Waals surface area (Å²) in [6, 6.07) is 0. The Balaban J connectivity index is 1.99.